The molecule has 0 bridgehead atoms. The summed E-state index contributed by atoms with van der Waals surface area (Å²) < 4.78 is 1.30. The molecule has 1 heterocycles. The van der Waals surface area contributed by atoms with E-state index in [9.17, 15) is 0 Å². The molecule has 0 aliphatic rings. The van der Waals surface area contributed by atoms with Gasteiger partial charge in [-0.1, -0.05) is 15.3 Å². The fourth-order valence-corrected chi connectivity index (χ4v) is 1.11. The molecule has 1 aromatic heterocycles. The highest BCUT2D eigenvalue weighted by molar-refractivity contribution is 8.93. The van der Waals surface area contributed by atoms with Crippen LogP contribution in [0.2, 0.25) is 0 Å². The van der Waals surface area contributed by atoms with Gasteiger partial charge in [-0.05, 0) is 11.4 Å². The van der Waals surface area contributed by atoms with Gasteiger partial charge in [-0.15, -0.1) is 28.3 Å². The molecule has 1 atom stereocenters. The summed E-state index contributed by atoms with van der Waals surface area (Å²) in [5, 5.41) is 2.06. The lowest BCUT2D eigenvalue weighted by Gasteiger charge is -1.65. The first-order chi connectivity index (χ1) is 2.89. The van der Waals surface area contributed by atoms with E-state index >= 15 is 0 Å². The first kappa shape index (κ1) is 7.61. The number of hydrogen-bond acceptors (Lipinski definition) is 1. The van der Waals surface area contributed by atoms with Crippen molar-refractivity contribution in [1.29, 1.82) is 0 Å². The van der Waals surface area contributed by atoms with E-state index in [0.29, 0.717) is 0 Å². The van der Waals surface area contributed by atoms with Crippen LogP contribution in [0, 0.1) is 0 Å². The van der Waals surface area contributed by atoms with E-state index in [1.165, 1.54) is 4.62 Å². The van der Waals surface area contributed by atoms with E-state index in [4.69, 9.17) is 0 Å². The Kier molecular flexibility index (Phi) is 3.91. The summed E-state index contributed by atoms with van der Waals surface area (Å²) in [5.41, 5.74) is 0. The average molecular weight is 197 g/mol. The minimum absolute atomic E-state index is 0. The molecule has 40 valence electrons. The molecule has 1 rings (SSSR count). The van der Waals surface area contributed by atoms with Gasteiger partial charge in [0, 0.05) is 4.62 Å². The second-order valence-electron chi connectivity index (χ2n) is 1.02. The number of thiophene rings is 1. The molecule has 0 aliphatic carbocycles. The van der Waals surface area contributed by atoms with Crippen LogP contribution < -0.4 is 4.62 Å². The van der Waals surface area contributed by atoms with Crippen molar-refractivity contribution in [2.45, 2.75) is 0 Å². The molecule has 0 radical (unpaired) electrons. The van der Waals surface area contributed by atoms with Crippen molar-refractivity contribution >= 4 is 42.2 Å². The van der Waals surface area contributed by atoms with Crippen molar-refractivity contribution in [2.24, 2.45) is 0 Å². The largest absolute Gasteiger partial charge is 0.145 e. The molecule has 0 nitrogen and oxygen atoms in total. The van der Waals surface area contributed by atoms with E-state index in [-0.39, 0.29) is 17.0 Å². The minimum Gasteiger partial charge on any atom is -0.145 e. The van der Waals surface area contributed by atoms with Gasteiger partial charge in [-0.2, -0.15) is 0 Å². The molecular weight excluding hydrogens is 191 g/mol. The van der Waals surface area contributed by atoms with Gasteiger partial charge in [0.1, 0.15) is 0 Å². The zero-order valence-corrected chi connectivity index (χ0v) is 7.31. The Morgan fingerprint density at radius 3 is 2.43 bits per heavy atom. The van der Waals surface area contributed by atoms with Gasteiger partial charge in [0.05, 0.1) is 0 Å². The summed E-state index contributed by atoms with van der Waals surface area (Å²) in [6.45, 7) is 0. The predicted molar refractivity (Wildman–Crippen MR) is 44.0 cm³/mol. The van der Waals surface area contributed by atoms with Gasteiger partial charge in [-0.3, -0.25) is 0 Å². The Bertz CT molecular complexity index is 115. The van der Waals surface area contributed by atoms with Gasteiger partial charge in [0.25, 0.3) is 0 Å². The summed E-state index contributed by atoms with van der Waals surface area (Å²) in [6, 6.07) is 4.10. The van der Waals surface area contributed by atoms with E-state index in [1.54, 1.807) is 11.3 Å². The van der Waals surface area contributed by atoms with Crippen LogP contribution in [0.4, 0.5) is 0 Å². The summed E-state index contributed by atoms with van der Waals surface area (Å²) in [6.07, 6.45) is 0. The van der Waals surface area contributed by atoms with Crippen molar-refractivity contribution in [3.63, 3.8) is 0 Å². The van der Waals surface area contributed by atoms with Gasteiger partial charge in [0.2, 0.25) is 0 Å². The SMILES string of the molecule is Br.Pc1cccs1. The minimum atomic E-state index is 0. The molecule has 3 heteroatoms. The number of rotatable bonds is 0. The van der Waals surface area contributed by atoms with Gasteiger partial charge >= 0.3 is 0 Å². The van der Waals surface area contributed by atoms with Crippen LogP contribution in [-0.4, -0.2) is 0 Å². The van der Waals surface area contributed by atoms with Crippen molar-refractivity contribution in [3.8, 4) is 0 Å². The topological polar surface area (TPSA) is 0 Å². The third kappa shape index (κ3) is 2.43. The maximum Gasteiger partial charge on any atom is 0.0216 e. The van der Waals surface area contributed by atoms with Gasteiger partial charge in [-0.25, -0.2) is 0 Å². The van der Waals surface area contributed by atoms with E-state index < -0.39 is 0 Å². The fraction of sp³-hybridized carbons (Fsp3) is 0. The maximum absolute atomic E-state index is 2.63. The van der Waals surface area contributed by atoms with E-state index in [0.717, 1.165) is 0 Å². The van der Waals surface area contributed by atoms with Crippen LogP contribution in [0.3, 0.4) is 0 Å². The highest BCUT2D eigenvalue weighted by Crippen LogP contribution is 1.96. The zero-order chi connectivity index (χ0) is 4.41. The van der Waals surface area contributed by atoms with Crippen LogP contribution >= 0.6 is 37.6 Å². The first-order valence-corrected chi connectivity index (χ1v) is 3.14. The molecule has 0 saturated heterocycles. The monoisotopic (exact) mass is 196 g/mol. The van der Waals surface area contributed by atoms with Gasteiger partial charge in [0.15, 0.2) is 0 Å². The zero-order valence-electron chi connectivity index (χ0n) is 3.63. The van der Waals surface area contributed by atoms with Crippen LogP contribution in [0.15, 0.2) is 17.5 Å². The molecule has 0 N–H and O–H groups in total. The normalized spacial score (nSPS) is 7.57. The highest BCUT2D eigenvalue weighted by atomic mass is 79.9. The molecule has 0 amide bonds. The lowest BCUT2D eigenvalue weighted by Crippen LogP contribution is -1.68. The van der Waals surface area contributed by atoms with Crippen LogP contribution in [0.1, 0.15) is 0 Å². The lowest BCUT2D eigenvalue weighted by atomic mass is 10.7. The Labute approximate surface area is 59.9 Å². The summed E-state index contributed by atoms with van der Waals surface area (Å²) in [5.74, 6) is 0. The molecule has 0 spiro atoms. The predicted octanol–water partition coefficient (Wildman–Crippen LogP) is 1.83. The highest BCUT2D eigenvalue weighted by Gasteiger charge is 1.74. The van der Waals surface area contributed by atoms with Gasteiger partial charge < -0.3 is 0 Å². The third-order valence-corrected chi connectivity index (χ3v) is 1.85. The van der Waals surface area contributed by atoms with E-state index in [2.05, 4.69) is 20.7 Å². The molecular formula is C4H6BrPS. The molecule has 0 saturated carbocycles. The Morgan fingerprint density at radius 1 is 1.57 bits per heavy atom. The Morgan fingerprint density at radius 2 is 2.29 bits per heavy atom. The van der Waals surface area contributed by atoms with E-state index in [1.807, 2.05) is 6.07 Å². The van der Waals surface area contributed by atoms with Crippen LogP contribution in [0.5, 0.6) is 0 Å². The molecule has 0 aliphatic heterocycles. The number of hydrogen-bond donors (Lipinski definition) is 0. The second-order valence-corrected chi connectivity index (χ2v) is 3.04. The molecule has 7 heavy (non-hydrogen) atoms. The van der Waals surface area contributed by atoms with Crippen LogP contribution in [0.25, 0.3) is 0 Å². The second kappa shape index (κ2) is 3.59. The molecule has 1 aromatic rings. The molecule has 1 unspecified atom stereocenters. The lowest BCUT2D eigenvalue weighted by molar-refractivity contribution is 2.08. The molecule has 0 fully saturated rings. The van der Waals surface area contributed by atoms with Crippen molar-refractivity contribution < 1.29 is 0 Å². The fourth-order valence-electron chi connectivity index (χ4n) is 0.291. The summed E-state index contributed by atoms with van der Waals surface area (Å²) >= 11 is 1.74. The van der Waals surface area contributed by atoms with Crippen LogP contribution in [-0.2, 0) is 0 Å². The maximum atomic E-state index is 2.63. The van der Waals surface area contributed by atoms with Crippen molar-refractivity contribution in [3.05, 3.63) is 17.5 Å². The van der Waals surface area contributed by atoms with Crippen molar-refractivity contribution in [1.82, 2.24) is 0 Å². The molecule has 0 aromatic carbocycles. The summed E-state index contributed by atoms with van der Waals surface area (Å²) in [7, 11) is 2.63. The standard InChI is InChI=1S/C4H5PS.BrH/c5-4-2-1-3-6-4;/h1-3H,5H2;1H. The summed E-state index contributed by atoms with van der Waals surface area (Å²) in [4.78, 5) is 0. The first-order valence-electron chi connectivity index (χ1n) is 1.68. The van der Waals surface area contributed by atoms with Crippen molar-refractivity contribution in [2.75, 3.05) is 0 Å². The average Bonchev–Trinajstić information content (AvgIpc) is 1.86. The quantitative estimate of drug-likeness (QED) is 0.556. The number of halogens is 1. The third-order valence-electron chi connectivity index (χ3n) is 0.543. The Balaban J connectivity index is 0.000000360. The smallest absolute Gasteiger partial charge is 0.0216 e. The Hall–Kier alpha value is 0.610.